The van der Waals surface area contributed by atoms with Crippen molar-refractivity contribution in [2.45, 2.75) is 37.8 Å². The summed E-state index contributed by atoms with van der Waals surface area (Å²) in [5.41, 5.74) is 0.621. The van der Waals surface area contributed by atoms with Crippen LogP contribution < -0.4 is 28.7 Å². The van der Waals surface area contributed by atoms with Gasteiger partial charge in [-0.1, -0.05) is 60.7 Å². The van der Waals surface area contributed by atoms with Crippen LogP contribution in [0.3, 0.4) is 0 Å². The first-order valence-electron chi connectivity index (χ1n) is 17.6. The number of para-hydroxylation sites is 2. The van der Waals surface area contributed by atoms with Crippen molar-refractivity contribution in [1.82, 2.24) is 0 Å². The van der Waals surface area contributed by atoms with Gasteiger partial charge in [-0.2, -0.15) is 13.2 Å². The van der Waals surface area contributed by atoms with E-state index in [2.05, 4.69) is 9.80 Å². The molecule has 8 rings (SSSR count). The lowest BCUT2D eigenvalue weighted by atomic mass is 9.70. The van der Waals surface area contributed by atoms with Crippen molar-refractivity contribution in [2.75, 3.05) is 23.3 Å². The average molecular weight is 733 g/mol. The molecule has 54 heavy (non-hydrogen) atoms. The molecule has 0 saturated heterocycles. The lowest BCUT2D eigenvalue weighted by Crippen LogP contribution is -2.49. The number of hydrogen-bond donors (Lipinski definition) is 0. The molecule has 2 aliphatic rings. The van der Waals surface area contributed by atoms with Crippen molar-refractivity contribution in [3.63, 3.8) is 0 Å². The maximum absolute atomic E-state index is 15.5. The molecule has 6 aromatic rings. The van der Waals surface area contributed by atoms with E-state index in [4.69, 9.17) is 18.9 Å². The number of nitrogens with zero attached hydrogens (tertiary/aromatic N) is 2. The minimum absolute atomic E-state index is 0.244. The van der Waals surface area contributed by atoms with E-state index >= 15 is 17.6 Å². The summed E-state index contributed by atoms with van der Waals surface area (Å²) in [6.07, 6.45) is -7.28. The quantitative estimate of drug-likeness (QED) is 0.138. The molecular weight excluding hydrogens is 696 g/mol. The van der Waals surface area contributed by atoms with Crippen LogP contribution in [0.5, 0.6) is 34.5 Å². The fourth-order valence-corrected chi connectivity index (χ4v) is 7.15. The molecule has 6 nitrogen and oxygen atoms in total. The maximum atomic E-state index is 15.5. The molecule has 274 valence electrons. The number of halogens is 4. The Kier molecular flexibility index (Phi) is 9.27. The highest BCUT2D eigenvalue weighted by Gasteiger charge is 2.61. The summed E-state index contributed by atoms with van der Waals surface area (Å²) < 4.78 is 84.5. The van der Waals surface area contributed by atoms with E-state index in [1.54, 1.807) is 24.3 Å². The molecule has 0 aliphatic carbocycles. The van der Waals surface area contributed by atoms with Crippen LogP contribution in [0.25, 0.3) is 0 Å². The Balaban J connectivity index is 0.957. The van der Waals surface area contributed by atoms with E-state index < -0.39 is 17.8 Å². The normalized spacial score (nSPS) is 14.6. The predicted octanol–water partition coefficient (Wildman–Crippen LogP) is 11.2. The Morgan fingerprint density at radius 2 is 0.870 bits per heavy atom. The zero-order chi connectivity index (χ0) is 37.3. The summed E-state index contributed by atoms with van der Waals surface area (Å²) in [5.74, 6) is 3.38. The fourth-order valence-electron chi connectivity index (χ4n) is 7.15. The van der Waals surface area contributed by atoms with Crippen LogP contribution in [0.15, 0.2) is 146 Å². The lowest BCUT2D eigenvalue weighted by molar-refractivity contribution is -0.193. The Hall–Kier alpha value is -6.16. The summed E-state index contributed by atoms with van der Waals surface area (Å²) in [6, 6.07) is 41.3. The molecule has 2 aliphatic heterocycles. The topological polar surface area (TPSA) is 43.4 Å². The summed E-state index contributed by atoms with van der Waals surface area (Å²) in [6.45, 7) is 3.13. The molecule has 2 heterocycles. The van der Waals surface area contributed by atoms with E-state index in [1.165, 1.54) is 48.5 Å². The van der Waals surface area contributed by atoms with Gasteiger partial charge in [0.2, 0.25) is 0 Å². The van der Waals surface area contributed by atoms with Crippen LogP contribution in [0.4, 0.5) is 28.9 Å². The molecule has 0 aromatic heterocycles. The molecule has 0 bridgehead atoms. The Labute approximate surface area is 310 Å². The van der Waals surface area contributed by atoms with Gasteiger partial charge in [-0.05, 0) is 103 Å². The largest absolute Gasteiger partial charge is 0.473 e. The molecule has 10 heteroatoms. The Morgan fingerprint density at radius 1 is 0.519 bits per heavy atom. The molecule has 0 amide bonds. The number of benzene rings is 6. The Morgan fingerprint density at radius 3 is 1.22 bits per heavy atom. The van der Waals surface area contributed by atoms with Crippen LogP contribution in [0, 0.1) is 0 Å². The van der Waals surface area contributed by atoms with Crippen molar-refractivity contribution in [1.29, 1.82) is 0 Å². The average Bonchev–Trinajstić information content (AvgIpc) is 3.19. The van der Waals surface area contributed by atoms with Crippen molar-refractivity contribution < 1.29 is 36.5 Å². The van der Waals surface area contributed by atoms with Gasteiger partial charge >= 0.3 is 6.18 Å². The van der Waals surface area contributed by atoms with Crippen molar-refractivity contribution in [3.05, 3.63) is 168 Å². The molecule has 1 unspecified atom stereocenters. The van der Waals surface area contributed by atoms with Gasteiger partial charge in [-0.25, -0.2) is 4.39 Å². The zero-order valence-corrected chi connectivity index (χ0v) is 29.3. The van der Waals surface area contributed by atoms with Crippen LogP contribution in [0.1, 0.15) is 29.2 Å². The van der Waals surface area contributed by atoms with E-state index in [9.17, 15) is 0 Å². The van der Waals surface area contributed by atoms with Gasteiger partial charge in [0.15, 0.2) is 13.5 Å². The van der Waals surface area contributed by atoms with Gasteiger partial charge in [0.05, 0.1) is 0 Å². The molecule has 0 spiro atoms. The highest BCUT2D eigenvalue weighted by molar-refractivity contribution is 5.54. The lowest BCUT2D eigenvalue weighted by Gasteiger charge is -2.38. The van der Waals surface area contributed by atoms with E-state index in [1.807, 2.05) is 72.8 Å². The first-order valence-corrected chi connectivity index (χ1v) is 17.6. The van der Waals surface area contributed by atoms with Crippen molar-refractivity contribution in [2.24, 2.45) is 0 Å². The predicted molar refractivity (Wildman–Crippen MR) is 200 cm³/mol. The third kappa shape index (κ3) is 6.75. The van der Waals surface area contributed by atoms with Gasteiger partial charge < -0.3 is 28.7 Å². The summed E-state index contributed by atoms with van der Waals surface area (Å²) in [7, 11) is 0. The maximum Gasteiger partial charge on any atom is 0.405 e. The summed E-state index contributed by atoms with van der Waals surface area (Å²) in [5, 5.41) is 0. The van der Waals surface area contributed by atoms with Crippen LogP contribution in [0.2, 0.25) is 0 Å². The van der Waals surface area contributed by atoms with Crippen molar-refractivity contribution >= 4 is 11.4 Å². The smallest absolute Gasteiger partial charge is 0.405 e. The van der Waals surface area contributed by atoms with Gasteiger partial charge in [-0.15, -0.1) is 0 Å². The Bertz CT molecular complexity index is 2060. The highest BCUT2D eigenvalue weighted by Crippen LogP contribution is 2.50. The summed E-state index contributed by atoms with van der Waals surface area (Å²) in [4.78, 5) is 4.16. The molecule has 0 fully saturated rings. The standard InChI is InChI=1S/C44H36F4N2O4/c1-30(45)43(44(46,47)48,33-10-18-37(19-11-33)53-39-22-14-35(15-23-39)49-26-31-6-2-4-8-41(31)51-28-49)34-12-20-38(21-13-34)54-40-24-16-36(17-25-40)50-27-32-7-3-5-9-42(32)52-29-50/h2-25,30H,26-29H2,1H3. The molecule has 0 N–H and O–H groups in total. The summed E-state index contributed by atoms with van der Waals surface area (Å²) >= 11 is 0. The minimum Gasteiger partial charge on any atom is -0.473 e. The van der Waals surface area contributed by atoms with Gasteiger partial charge in [0.1, 0.15) is 46.1 Å². The van der Waals surface area contributed by atoms with E-state index in [0.29, 0.717) is 49.5 Å². The molecule has 1 atom stereocenters. The van der Waals surface area contributed by atoms with Gasteiger partial charge in [0, 0.05) is 35.6 Å². The van der Waals surface area contributed by atoms with E-state index in [0.717, 1.165) is 40.9 Å². The number of rotatable bonds is 9. The number of fused-ring (bicyclic) bond motifs is 2. The third-order valence-electron chi connectivity index (χ3n) is 9.96. The van der Waals surface area contributed by atoms with E-state index in [-0.39, 0.29) is 11.1 Å². The van der Waals surface area contributed by atoms with Crippen LogP contribution >= 0.6 is 0 Å². The van der Waals surface area contributed by atoms with Crippen LogP contribution in [-0.2, 0) is 18.5 Å². The second-order valence-corrected chi connectivity index (χ2v) is 13.3. The highest BCUT2D eigenvalue weighted by atomic mass is 19.4. The first-order chi connectivity index (χ1) is 26.2. The zero-order valence-electron chi connectivity index (χ0n) is 29.3. The number of ether oxygens (including phenoxy) is 4. The number of alkyl halides is 4. The second kappa shape index (κ2) is 14.3. The fraction of sp³-hybridized carbons (Fsp3) is 0.182. The molecule has 6 aromatic carbocycles. The molecule has 0 radical (unpaired) electrons. The monoisotopic (exact) mass is 732 g/mol. The van der Waals surface area contributed by atoms with Crippen LogP contribution in [-0.4, -0.2) is 25.8 Å². The van der Waals surface area contributed by atoms with Crippen molar-refractivity contribution in [3.8, 4) is 34.5 Å². The van der Waals surface area contributed by atoms with Gasteiger partial charge in [0.25, 0.3) is 0 Å². The molecule has 0 saturated carbocycles. The first kappa shape index (κ1) is 34.9. The minimum atomic E-state index is -4.96. The second-order valence-electron chi connectivity index (χ2n) is 13.3. The number of anilines is 2. The molecular formula is C44H36F4N2O4. The number of hydrogen-bond acceptors (Lipinski definition) is 6. The third-order valence-corrected chi connectivity index (χ3v) is 9.96. The van der Waals surface area contributed by atoms with Gasteiger partial charge in [-0.3, -0.25) is 0 Å². The SMILES string of the molecule is CC(F)C(c1ccc(Oc2ccc(N3COc4ccccc4C3)cc2)cc1)(c1ccc(Oc2ccc(N3COc4ccccc4C3)cc2)cc1)C(F)(F)F.